The molecule has 0 aromatic rings. The lowest BCUT2D eigenvalue weighted by Gasteiger charge is -2.43. The Morgan fingerprint density at radius 1 is 1.33 bits per heavy atom. The Hall–Kier alpha value is -1.08. The van der Waals surface area contributed by atoms with Crippen molar-refractivity contribution in [2.75, 3.05) is 0 Å². The zero-order valence-electron chi connectivity index (χ0n) is 14.4. The van der Waals surface area contributed by atoms with Gasteiger partial charge in [-0.3, -0.25) is 0 Å². The molecule has 0 heterocycles. The quantitative estimate of drug-likeness (QED) is 0.527. The van der Waals surface area contributed by atoms with E-state index >= 15 is 0 Å². The summed E-state index contributed by atoms with van der Waals surface area (Å²) in [7, 11) is 0. The summed E-state index contributed by atoms with van der Waals surface area (Å²) in [5.41, 5.74) is 2.10. The number of allylic oxidation sites excluding steroid dienone is 5. The molecule has 1 aliphatic rings. The maximum atomic E-state index is 9.72. The fourth-order valence-corrected chi connectivity index (χ4v) is 3.32. The molecule has 0 aromatic carbocycles. The molecule has 118 valence electrons. The molecule has 0 bridgehead atoms. The largest absolute Gasteiger partial charge is 0.386 e. The van der Waals surface area contributed by atoms with Crippen LogP contribution in [0.25, 0.3) is 0 Å². The SMILES string of the molecule is C=C[C@@]1(C)CCC(C(C)=C/C=C/C(C)(C)O)C[C@@H]1C(=C)C. The molecule has 1 nitrogen and oxygen atoms in total. The third-order valence-corrected chi connectivity index (χ3v) is 4.92. The third kappa shape index (κ3) is 5.00. The Labute approximate surface area is 131 Å². The van der Waals surface area contributed by atoms with Gasteiger partial charge in [0.15, 0.2) is 0 Å². The lowest BCUT2D eigenvalue weighted by molar-refractivity contribution is 0.133. The molecule has 1 rings (SSSR count). The fraction of sp³-hybridized carbons (Fsp3) is 0.600. The predicted octanol–water partition coefficient (Wildman–Crippen LogP) is 5.44. The van der Waals surface area contributed by atoms with Crippen LogP contribution in [-0.2, 0) is 0 Å². The zero-order valence-corrected chi connectivity index (χ0v) is 14.4. The van der Waals surface area contributed by atoms with Gasteiger partial charge in [0.1, 0.15) is 0 Å². The minimum absolute atomic E-state index is 0.186. The van der Waals surface area contributed by atoms with E-state index in [1.54, 1.807) is 13.8 Å². The van der Waals surface area contributed by atoms with Crippen LogP contribution in [0.15, 0.2) is 48.6 Å². The Morgan fingerprint density at radius 2 is 1.95 bits per heavy atom. The first-order chi connectivity index (χ1) is 9.59. The summed E-state index contributed by atoms with van der Waals surface area (Å²) in [6, 6.07) is 0. The van der Waals surface area contributed by atoms with Gasteiger partial charge >= 0.3 is 0 Å². The molecule has 0 saturated heterocycles. The molecule has 3 atom stereocenters. The van der Waals surface area contributed by atoms with Gasteiger partial charge in [-0.2, -0.15) is 0 Å². The molecule has 1 N–H and O–H groups in total. The van der Waals surface area contributed by atoms with Gasteiger partial charge in [-0.25, -0.2) is 0 Å². The first-order valence-electron chi connectivity index (χ1n) is 7.96. The second-order valence-electron chi connectivity index (χ2n) is 7.50. The van der Waals surface area contributed by atoms with Crippen LogP contribution in [0, 0.1) is 17.3 Å². The summed E-state index contributed by atoms with van der Waals surface area (Å²) >= 11 is 0. The van der Waals surface area contributed by atoms with E-state index in [0.717, 1.165) is 6.42 Å². The molecule has 0 aliphatic heterocycles. The minimum atomic E-state index is -0.745. The highest BCUT2D eigenvalue weighted by atomic mass is 16.3. The molecule has 0 spiro atoms. The maximum absolute atomic E-state index is 9.72. The standard InChI is InChI=1S/C20H32O/c1-8-20(7)13-11-17(14-18(20)15(2)3)16(4)10-9-12-19(5,6)21/h8-10,12,17-18,21H,1-2,11,13-14H2,3-7H3/b12-9+,16-10?/t17?,18-,20+/m1/s1. The van der Waals surface area contributed by atoms with Crippen molar-refractivity contribution < 1.29 is 5.11 Å². The van der Waals surface area contributed by atoms with Crippen molar-refractivity contribution in [2.24, 2.45) is 17.3 Å². The zero-order chi connectivity index (χ0) is 16.3. The van der Waals surface area contributed by atoms with Gasteiger partial charge < -0.3 is 5.11 Å². The molecule has 21 heavy (non-hydrogen) atoms. The molecule has 0 amide bonds. The van der Waals surface area contributed by atoms with E-state index in [2.05, 4.69) is 46.1 Å². The van der Waals surface area contributed by atoms with Gasteiger partial charge in [-0.05, 0) is 64.2 Å². The Kier molecular flexibility index (Phi) is 5.81. The normalized spacial score (nSPS) is 31.4. The summed E-state index contributed by atoms with van der Waals surface area (Å²) in [5.74, 6) is 1.11. The topological polar surface area (TPSA) is 20.2 Å². The third-order valence-electron chi connectivity index (χ3n) is 4.92. The second kappa shape index (κ2) is 6.79. The van der Waals surface area contributed by atoms with Gasteiger partial charge in [-0.1, -0.05) is 49.0 Å². The molecule has 0 aromatic heterocycles. The lowest BCUT2D eigenvalue weighted by atomic mass is 9.61. The van der Waals surface area contributed by atoms with Crippen molar-refractivity contribution in [1.29, 1.82) is 0 Å². The van der Waals surface area contributed by atoms with E-state index in [-0.39, 0.29) is 5.41 Å². The van der Waals surface area contributed by atoms with Crippen molar-refractivity contribution in [3.8, 4) is 0 Å². The molecule has 1 saturated carbocycles. The average Bonchev–Trinajstić information content (AvgIpc) is 2.37. The monoisotopic (exact) mass is 288 g/mol. The fourth-order valence-electron chi connectivity index (χ4n) is 3.32. The van der Waals surface area contributed by atoms with E-state index in [1.165, 1.54) is 24.0 Å². The molecule has 0 radical (unpaired) electrons. The van der Waals surface area contributed by atoms with Crippen LogP contribution in [0.3, 0.4) is 0 Å². The van der Waals surface area contributed by atoms with E-state index in [1.807, 2.05) is 12.2 Å². The van der Waals surface area contributed by atoms with Crippen LogP contribution in [-0.4, -0.2) is 10.7 Å². The Morgan fingerprint density at radius 3 is 2.43 bits per heavy atom. The van der Waals surface area contributed by atoms with E-state index in [0.29, 0.717) is 11.8 Å². The highest BCUT2D eigenvalue weighted by Crippen LogP contribution is 2.48. The molecule has 1 aliphatic carbocycles. The molecule has 1 heteroatoms. The number of aliphatic hydroxyl groups is 1. The van der Waals surface area contributed by atoms with Gasteiger partial charge in [-0.15, -0.1) is 6.58 Å². The smallest absolute Gasteiger partial charge is 0.0774 e. The van der Waals surface area contributed by atoms with Crippen molar-refractivity contribution in [3.63, 3.8) is 0 Å². The van der Waals surface area contributed by atoms with E-state index in [9.17, 15) is 5.11 Å². The summed E-state index contributed by atoms with van der Waals surface area (Å²) in [6.45, 7) is 18.5. The first-order valence-corrected chi connectivity index (χ1v) is 7.96. The number of rotatable bonds is 5. The van der Waals surface area contributed by atoms with Crippen LogP contribution < -0.4 is 0 Å². The number of hydrogen-bond donors (Lipinski definition) is 1. The van der Waals surface area contributed by atoms with E-state index < -0.39 is 5.60 Å². The van der Waals surface area contributed by atoms with Gasteiger partial charge in [0, 0.05) is 0 Å². The average molecular weight is 288 g/mol. The van der Waals surface area contributed by atoms with Gasteiger partial charge in [0.2, 0.25) is 0 Å². The Balaban J connectivity index is 2.83. The first kappa shape index (κ1) is 18.0. The highest BCUT2D eigenvalue weighted by Gasteiger charge is 2.38. The highest BCUT2D eigenvalue weighted by molar-refractivity contribution is 5.20. The Bertz CT molecular complexity index is 447. The van der Waals surface area contributed by atoms with Crippen molar-refractivity contribution in [3.05, 3.63) is 48.6 Å². The van der Waals surface area contributed by atoms with Crippen LogP contribution in [0.4, 0.5) is 0 Å². The molecular weight excluding hydrogens is 256 g/mol. The lowest BCUT2D eigenvalue weighted by Crippen LogP contribution is -2.33. The maximum Gasteiger partial charge on any atom is 0.0774 e. The van der Waals surface area contributed by atoms with Crippen LogP contribution >= 0.6 is 0 Å². The van der Waals surface area contributed by atoms with Crippen LogP contribution in [0.1, 0.15) is 53.9 Å². The van der Waals surface area contributed by atoms with E-state index in [4.69, 9.17) is 0 Å². The van der Waals surface area contributed by atoms with Crippen molar-refractivity contribution in [2.45, 2.75) is 59.5 Å². The van der Waals surface area contributed by atoms with Crippen LogP contribution in [0.5, 0.6) is 0 Å². The molecule has 1 fully saturated rings. The minimum Gasteiger partial charge on any atom is -0.386 e. The second-order valence-corrected chi connectivity index (χ2v) is 7.50. The van der Waals surface area contributed by atoms with Gasteiger partial charge in [0.05, 0.1) is 5.60 Å². The van der Waals surface area contributed by atoms with Crippen LogP contribution in [0.2, 0.25) is 0 Å². The summed E-state index contributed by atoms with van der Waals surface area (Å²) < 4.78 is 0. The van der Waals surface area contributed by atoms with Crippen molar-refractivity contribution >= 4 is 0 Å². The van der Waals surface area contributed by atoms with Crippen molar-refractivity contribution in [1.82, 2.24) is 0 Å². The predicted molar refractivity (Wildman–Crippen MR) is 93.1 cm³/mol. The molecule has 1 unspecified atom stereocenters. The van der Waals surface area contributed by atoms with Gasteiger partial charge in [0.25, 0.3) is 0 Å². The summed E-state index contributed by atoms with van der Waals surface area (Å²) in [5, 5.41) is 9.72. The number of hydrogen-bond acceptors (Lipinski definition) is 1. The molecular formula is C20H32O. The summed E-state index contributed by atoms with van der Waals surface area (Å²) in [4.78, 5) is 0. The summed E-state index contributed by atoms with van der Waals surface area (Å²) in [6.07, 6.45) is 11.6.